The fraction of sp³-hybridized carbons (Fsp3) is 0. The maximum atomic E-state index is 12.3. The molecule has 152 valence electrons. The Morgan fingerprint density at radius 2 is 1.52 bits per heavy atom. The quantitative estimate of drug-likeness (QED) is 0.347. The second-order valence-corrected chi connectivity index (χ2v) is 7.69. The van der Waals surface area contributed by atoms with Crippen LogP contribution < -0.4 is 5.32 Å². The smallest absolute Gasteiger partial charge is 0.377 e. The lowest BCUT2D eigenvalue weighted by Crippen LogP contribution is -2.12. The number of hydrogen-bond donors (Lipinski definition) is 2. The Hall–Kier alpha value is -3.97. The topological polar surface area (TPSA) is 95.8 Å². The number of carbonyl (C=O) groups is 3. The minimum atomic E-state index is -1.51. The molecule has 1 aliphatic rings. The predicted molar refractivity (Wildman–Crippen MR) is 122 cm³/mol. The lowest BCUT2D eigenvalue weighted by Gasteiger charge is -2.05. The van der Waals surface area contributed by atoms with Crippen molar-refractivity contribution in [3.63, 3.8) is 0 Å². The molecule has 3 aromatic rings. The van der Waals surface area contributed by atoms with E-state index < -0.39 is 11.8 Å². The van der Waals surface area contributed by atoms with Crippen molar-refractivity contribution < 1.29 is 19.5 Å². The number of aliphatic carboxylic acids is 1. The summed E-state index contributed by atoms with van der Waals surface area (Å²) in [4.78, 5) is 39.0. The van der Waals surface area contributed by atoms with Crippen LogP contribution in [0.15, 0.2) is 88.8 Å². The van der Waals surface area contributed by atoms with E-state index in [4.69, 9.17) is 5.11 Å². The number of nitrogens with zero attached hydrogens (tertiary/aromatic N) is 1. The third kappa shape index (κ3) is 4.79. The Bertz CT molecular complexity index is 1210. The van der Waals surface area contributed by atoms with Crippen molar-refractivity contribution in [2.75, 3.05) is 5.32 Å². The predicted octanol–water partition coefficient (Wildman–Crippen LogP) is 4.70. The first kappa shape index (κ1) is 20.3. The zero-order valence-electron chi connectivity index (χ0n) is 16.1. The molecule has 7 heteroatoms. The Morgan fingerprint density at radius 3 is 2.16 bits per heavy atom. The van der Waals surface area contributed by atoms with Gasteiger partial charge >= 0.3 is 5.97 Å². The van der Waals surface area contributed by atoms with Crippen LogP contribution in [0.25, 0.3) is 17.2 Å². The molecule has 1 amide bonds. The average molecular weight is 428 g/mol. The van der Waals surface area contributed by atoms with Crippen molar-refractivity contribution in [1.82, 2.24) is 0 Å². The number of Topliss-reactive ketones (excluding diaryl/α,β-unsaturated/α-hetero) is 1. The largest absolute Gasteiger partial charge is 0.475 e. The first-order valence-corrected chi connectivity index (χ1v) is 10.1. The molecule has 0 aromatic heterocycles. The molecule has 0 radical (unpaired) electrons. The molecule has 0 saturated carbocycles. The zero-order valence-corrected chi connectivity index (χ0v) is 16.9. The number of anilines is 1. The van der Waals surface area contributed by atoms with E-state index in [0.29, 0.717) is 15.8 Å². The zero-order chi connectivity index (χ0) is 21.8. The molecular formula is C24H16N2O4S. The van der Waals surface area contributed by atoms with Gasteiger partial charge in [-0.1, -0.05) is 54.6 Å². The summed E-state index contributed by atoms with van der Waals surface area (Å²) in [5, 5.41) is 12.2. The first-order valence-electron chi connectivity index (χ1n) is 9.32. The van der Waals surface area contributed by atoms with Gasteiger partial charge in [0.2, 0.25) is 0 Å². The van der Waals surface area contributed by atoms with Crippen LogP contribution in [0.1, 0.15) is 15.9 Å². The molecule has 6 nitrogen and oxygen atoms in total. The number of ketones is 1. The monoisotopic (exact) mass is 428 g/mol. The summed E-state index contributed by atoms with van der Waals surface area (Å²) in [5.41, 5.74) is 3.78. The number of amides is 1. The molecule has 1 heterocycles. The molecule has 3 aromatic carbocycles. The minimum absolute atomic E-state index is 0.0784. The molecule has 2 N–H and O–H groups in total. The van der Waals surface area contributed by atoms with Crippen molar-refractivity contribution in [3.05, 3.63) is 94.9 Å². The Morgan fingerprint density at radius 1 is 0.871 bits per heavy atom. The van der Waals surface area contributed by atoms with Gasteiger partial charge in [0.25, 0.3) is 11.7 Å². The van der Waals surface area contributed by atoms with E-state index in [-0.39, 0.29) is 11.5 Å². The van der Waals surface area contributed by atoms with Crippen molar-refractivity contribution in [2.24, 2.45) is 4.99 Å². The van der Waals surface area contributed by atoms with E-state index in [0.717, 1.165) is 16.7 Å². The summed E-state index contributed by atoms with van der Waals surface area (Å²) < 4.78 is 0. The Kier molecular flexibility index (Phi) is 5.77. The van der Waals surface area contributed by atoms with Crippen LogP contribution in [-0.2, 0) is 9.59 Å². The molecule has 31 heavy (non-hydrogen) atoms. The van der Waals surface area contributed by atoms with E-state index >= 15 is 0 Å². The van der Waals surface area contributed by atoms with Crippen LogP contribution in [0.2, 0.25) is 0 Å². The van der Waals surface area contributed by atoms with Gasteiger partial charge in [-0.25, -0.2) is 4.79 Å². The lowest BCUT2D eigenvalue weighted by atomic mass is 10.0. The SMILES string of the molecule is O=C(O)C(=O)c1ccc(NC2=NC(=O)/C(=C\c3ccc(-c4ccccc4)cc3)S2)cc1. The van der Waals surface area contributed by atoms with Gasteiger partial charge in [0.05, 0.1) is 4.91 Å². The normalized spacial score (nSPS) is 14.4. The van der Waals surface area contributed by atoms with Crippen molar-refractivity contribution in [2.45, 2.75) is 0 Å². The van der Waals surface area contributed by atoms with Crippen LogP contribution in [-0.4, -0.2) is 27.9 Å². The van der Waals surface area contributed by atoms with Gasteiger partial charge in [-0.15, -0.1) is 0 Å². The molecule has 0 spiro atoms. The van der Waals surface area contributed by atoms with Crippen molar-refractivity contribution in [1.29, 1.82) is 0 Å². The third-order valence-corrected chi connectivity index (χ3v) is 5.43. The number of nitrogens with one attached hydrogen (secondary N) is 1. The molecule has 0 saturated heterocycles. The fourth-order valence-corrected chi connectivity index (χ4v) is 3.80. The van der Waals surface area contributed by atoms with Gasteiger partial charge in [0, 0.05) is 11.3 Å². The highest BCUT2D eigenvalue weighted by Gasteiger charge is 2.22. The number of aliphatic imine (C=N–C) groups is 1. The summed E-state index contributed by atoms with van der Waals surface area (Å²) in [7, 11) is 0. The number of carbonyl (C=O) groups excluding carboxylic acids is 2. The number of benzene rings is 3. The number of amidine groups is 1. The highest BCUT2D eigenvalue weighted by atomic mass is 32.2. The molecular weight excluding hydrogens is 412 g/mol. The van der Waals surface area contributed by atoms with Crippen LogP contribution in [0.3, 0.4) is 0 Å². The first-order chi connectivity index (χ1) is 15.0. The average Bonchev–Trinajstić information content (AvgIpc) is 3.13. The summed E-state index contributed by atoms with van der Waals surface area (Å²) in [6, 6.07) is 23.9. The van der Waals surface area contributed by atoms with Crippen molar-refractivity contribution in [3.8, 4) is 11.1 Å². The lowest BCUT2D eigenvalue weighted by molar-refractivity contribution is -0.131. The summed E-state index contributed by atoms with van der Waals surface area (Å²) in [6.45, 7) is 0. The maximum absolute atomic E-state index is 12.3. The molecule has 0 fully saturated rings. The van der Waals surface area contributed by atoms with E-state index in [1.54, 1.807) is 18.2 Å². The van der Waals surface area contributed by atoms with Gasteiger partial charge in [-0.2, -0.15) is 4.99 Å². The Labute approximate surface area is 182 Å². The summed E-state index contributed by atoms with van der Waals surface area (Å²) in [5.74, 6) is -2.82. The molecule has 0 aliphatic carbocycles. The summed E-state index contributed by atoms with van der Waals surface area (Å²) in [6.07, 6.45) is 1.79. The number of carboxylic acids is 1. The van der Waals surface area contributed by atoms with Crippen LogP contribution >= 0.6 is 11.8 Å². The summed E-state index contributed by atoms with van der Waals surface area (Å²) >= 11 is 1.21. The minimum Gasteiger partial charge on any atom is -0.475 e. The van der Waals surface area contributed by atoms with E-state index in [1.165, 1.54) is 23.9 Å². The highest BCUT2D eigenvalue weighted by Crippen LogP contribution is 2.30. The molecule has 0 unspecified atom stereocenters. The van der Waals surface area contributed by atoms with Crippen molar-refractivity contribution >= 4 is 46.4 Å². The van der Waals surface area contributed by atoms with Crippen LogP contribution in [0, 0.1) is 0 Å². The maximum Gasteiger partial charge on any atom is 0.377 e. The number of rotatable bonds is 5. The fourth-order valence-electron chi connectivity index (χ4n) is 2.97. The number of thioether (sulfide) groups is 1. The van der Waals surface area contributed by atoms with E-state index in [1.807, 2.05) is 54.6 Å². The molecule has 4 rings (SSSR count). The second-order valence-electron chi connectivity index (χ2n) is 6.66. The number of carboxylic acid groups (broad SMARTS) is 1. The van der Waals surface area contributed by atoms with Gasteiger partial charge in [-0.05, 0) is 58.8 Å². The molecule has 0 bridgehead atoms. The highest BCUT2D eigenvalue weighted by molar-refractivity contribution is 8.18. The second kappa shape index (κ2) is 8.81. The molecule has 1 aliphatic heterocycles. The van der Waals surface area contributed by atoms with Crippen LogP contribution in [0.5, 0.6) is 0 Å². The van der Waals surface area contributed by atoms with Gasteiger partial charge in [0.1, 0.15) is 0 Å². The van der Waals surface area contributed by atoms with E-state index in [9.17, 15) is 14.4 Å². The standard InChI is InChI=1S/C24H16N2O4S/c27-21(23(29)30)18-10-12-19(13-11-18)25-24-26-22(28)20(31-24)14-15-6-8-17(9-7-15)16-4-2-1-3-5-16/h1-14H,(H,29,30)(H,25,26,28)/b20-14+. The van der Waals surface area contributed by atoms with Gasteiger partial charge in [0.15, 0.2) is 5.17 Å². The Balaban J connectivity index is 1.43. The molecule has 0 atom stereocenters. The van der Waals surface area contributed by atoms with E-state index in [2.05, 4.69) is 10.3 Å². The van der Waals surface area contributed by atoms with Gasteiger partial charge in [-0.3, -0.25) is 9.59 Å². The van der Waals surface area contributed by atoms with Crippen LogP contribution in [0.4, 0.5) is 5.69 Å². The third-order valence-electron chi connectivity index (χ3n) is 4.53. The van der Waals surface area contributed by atoms with Gasteiger partial charge < -0.3 is 10.4 Å². The number of hydrogen-bond acceptors (Lipinski definition) is 5.